The fourth-order valence-electron chi connectivity index (χ4n) is 1.66. The van der Waals surface area contributed by atoms with E-state index < -0.39 is 11.6 Å². The minimum atomic E-state index is -0.666. The summed E-state index contributed by atoms with van der Waals surface area (Å²) in [6.45, 7) is 0.0571. The summed E-state index contributed by atoms with van der Waals surface area (Å²) < 4.78 is 26.3. The van der Waals surface area contributed by atoms with Gasteiger partial charge in [0.1, 0.15) is 17.3 Å². The van der Waals surface area contributed by atoms with Crippen molar-refractivity contribution < 1.29 is 13.6 Å². The summed E-state index contributed by atoms with van der Waals surface area (Å²) in [7, 11) is 1.54. The topological polar surface area (TPSA) is 33.2 Å². The van der Waals surface area contributed by atoms with Crippen LogP contribution in [0.25, 0.3) is 0 Å². The molecule has 0 saturated heterocycles. The van der Waals surface area contributed by atoms with Gasteiger partial charge in [0.2, 0.25) is 0 Å². The SMILES string of the molecule is CN(Cc1ccc(F)cc1F)C(=O)c1ccccn1. The van der Waals surface area contributed by atoms with Crippen molar-refractivity contribution in [3.63, 3.8) is 0 Å². The summed E-state index contributed by atoms with van der Waals surface area (Å²) in [5.74, 6) is -1.62. The van der Waals surface area contributed by atoms with Gasteiger partial charge in [0.05, 0.1) is 0 Å². The van der Waals surface area contributed by atoms with Gasteiger partial charge in [-0.1, -0.05) is 12.1 Å². The first-order chi connectivity index (χ1) is 9.08. The van der Waals surface area contributed by atoms with Crippen molar-refractivity contribution in [1.29, 1.82) is 0 Å². The number of rotatable bonds is 3. The molecule has 5 heteroatoms. The van der Waals surface area contributed by atoms with Crippen molar-refractivity contribution in [3.05, 3.63) is 65.5 Å². The van der Waals surface area contributed by atoms with Crippen molar-refractivity contribution in [2.75, 3.05) is 7.05 Å². The summed E-state index contributed by atoms with van der Waals surface area (Å²) >= 11 is 0. The minimum Gasteiger partial charge on any atom is -0.336 e. The number of aromatic nitrogens is 1. The Bertz CT molecular complexity index is 587. The number of nitrogens with zero attached hydrogens (tertiary/aromatic N) is 2. The number of hydrogen-bond donors (Lipinski definition) is 0. The van der Waals surface area contributed by atoms with Crippen LogP contribution in [0.5, 0.6) is 0 Å². The Morgan fingerprint density at radius 1 is 1.26 bits per heavy atom. The third-order valence-corrected chi connectivity index (χ3v) is 2.65. The van der Waals surface area contributed by atoms with Gasteiger partial charge in [0.15, 0.2) is 0 Å². The van der Waals surface area contributed by atoms with E-state index in [0.29, 0.717) is 0 Å². The highest BCUT2D eigenvalue weighted by molar-refractivity contribution is 5.91. The third-order valence-electron chi connectivity index (χ3n) is 2.65. The van der Waals surface area contributed by atoms with Crippen LogP contribution in [0.1, 0.15) is 16.1 Å². The lowest BCUT2D eigenvalue weighted by Crippen LogP contribution is -2.27. The Balaban J connectivity index is 2.13. The second-order valence-electron chi connectivity index (χ2n) is 4.11. The van der Waals surface area contributed by atoms with Crippen LogP contribution in [0.4, 0.5) is 8.78 Å². The van der Waals surface area contributed by atoms with Gasteiger partial charge < -0.3 is 4.90 Å². The third kappa shape index (κ3) is 3.13. The molecule has 1 heterocycles. The molecular formula is C14H12F2N2O. The molecule has 0 N–H and O–H groups in total. The lowest BCUT2D eigenvalue weighted by Gasteiger charge is -2.17. The quantitative estimate of drug-likeness (QED) is 0.852. The van der Waals surface area contributed by atoms with Crippen LogP contribution in [-0.4, -0.2) is 22.8 Å². The number of benzene rings is 1. The molecule has 0 bridgehead atoms. The molecule has 0 radical (unpaired) electrons. The fraction of sp³-hybridized carbons (Fsp3) is 0.143. The van der Waals surface area contributed by atoms with Crippen molar-refractivity contribution in [2.24, 2.45) is 0 Å². The number of carbonyl (C=O) groups excluding carboxylic acids is 1. The molecule has 1 aromatic carbocycles. The predicted molar refractivity (Wildman–Crippen MR) is 66.4 cm³/mol. The highest BCUT2D eigenvalue weighted by atomic mass is 19.1. The van der Waals surface area contributed by atoms with E-state index in [1.54, 1.807) is 25.2 Å². The first-order valence-corrected chi connectivity index (χ1v) is 5.68. The van der Waals surface area contributed by atoms with Gasteiger partial charge in [-0.2, -0.15) is 0 Å². The van der Waals surface area contributed by atoms with E-state index in [1.807, 2.05) is 0 Å². The maximum absolute atomic E-state index is 13.5. The summed E-state index contributed by atoms with van der Waals surface area (Å²) in [6.07, 6.45) is 1.51. The van der Waals surface area contributed by atoms with Crippen LogP contribution in [-0.2, 0) is 6.54 Å². The van der Waals surface area contributed by atoms with Crippen molar-refractivity contribution in [2.45, 2.75) is 6.54 Å². The first kappa shape index (κ1) is 13.1. The molecule has 0 spiro atoms. The zero-order valence-corrected chi connectivity index (χ0v) is 10.3. The highest BCUT2D eigenvalue weighted by Crippen LogP contribution is 2.12. The summed E-state index contributed by atoms with van der Waals surface area (Å²) in [6, 6.07) is 8.28. The number of halogens is 2. The molecule has 1 amide bonds. The normalized spacial score (nSPS) is 10.3. The van der Waals surface area contributed by atoms with Crippen molar-refractivity contribution in [1.82, 2.24) is 9.88 Å². The summed E-state index contributed by atoms with van der Waals surface area (Å²) in [5, 5.41) is 0. The Morgan fingerprint density at radius 2 is 2.05 bits per heavy atom. The van der Waals surface area contributed by atoms with E-state index in [2.05, 4.69) is 4.98 Å². The molecule has 2 aromatic rings. The van der Waals surface area contributed by atoms with Gasteiger partial charge in [0, 0.05) is 31.4 Å². The Hall–Kier alpha value is -2.30. The zero-order valence-electron chi connectivity index (χ0n) is 10.3. The Labute approximate surface area is 109 Å². The van der Waals surface area contributed by atoms with E-state index >= 15 is 0 Å². The van der Waals surface area contributed by atoms with Crippen LogP contribution in [0.3, 0.4) is 0 Å². The molecule has 19 heavy (non-hydrogen) atoms. The molecule has 1 aromatic heterocycles. The minimum absolute atomic E-state index is 0.0571. The Kier molecular flexibility index (Phi) is 3.85. The molecule has 0 aliphatic carbocycles. The average Bonchev–Trinajstić information content (AvgIpc) is 2.42. The highest BCUT2D eigenvalue weighted by Gasteiger charge is 2.14. The largest absolute Gasteiger partial charge is 0.336 e. The fourth-order valence-corrected chi connectivity index (χ4v) is 1.66. The zero-order chi connectivity index (χ0) is 13.8. The van der Waals surface area contributed by atoms with Crippen LogP contribution < -0.4 is 0 Å². The standard InChI is InChI=1S/C14H12F2N2O/c1-18(14(19)13-4-2-3-7-17-13)9-10-5-6-11(15)8-12(10)16/h2-8H,9H2,1H3. The summed E-state index contributed by atoms with van der Waals surface area (Å²) in [4.78, 5) is 17.3. The van der Waals surface area contributed by atoms with Crippen molar-refractivity contribution >= 4 is 5.91 Å². The predicted octanol–water partition coefficient (Wildman–Crippen LogP) is 2.63. The van der Waals surface area contributed by atoms with Gasteiger partial charge >= 0.3 is 0 Å². The van der Waals surface area contributed by atoms with E-state index in [4.69, 9.17) is 0 Å². The number of carbonyl (C=O) groups is 1. The van der Waals surface area contributed by atoms with E-state index in [1.165, 1.54) is 17.2 Å². The number of amides is 1. The first-order valence-electron chi connectivity index (χ1n) is 5.68. The smallest absolute Gasteiger partial charge is 0.272 e. The number of pyridine rings is 1. The van der Waals surface area contributed by atoms with Gasteiger partial charge in [-0.3, -0.25) is 9.78 Å². The van der Waals surface area contributed by atoms with E-state index in [-0.39, 0.29) is 23.7 Å². The molecule has 98 valence electrons. The van der Waals surface area contributed by atoms with Crippen molar-refractivity contribution in [3.8, 4) is 0 Å². The average molecular weight is 262 g/mol. The van der Waals surface area contributed by atoms with Crippen LogP contribution in [0, 0.1) is 11.6 Å². The monoisotopic (exact) mass is 262 g/mol. The molecular weight excluding hydrogens is 250 g/mol. The van der Waals surface area contributed by atoms with Crippen LogP contribution >= 0.6 is 0 Å². The molecule has 0 saturated carbocycles. The maximum atomic E-state index is 13.5. The molecule has 2 rings (SSSR count). The number of hydrogen-bond acceptors (Lipinski definition) is 2. The molecule has 3 nitrogen and oxygen atoms in total. The van der Waals surface area contributed by atoms with Gasteiger partial charge in [-0.15, -0.1) is 0 Å². The second-order valence-corrected chi connectivity index (χ2v) is 4.11. The van der Waals surface area contributed by atoms with E-state index in [9.17, 15) is 13.6 Å². The molecule has 0 aliphatic heterocycles. The summed E-state index contributed by atoms with van der Waals surface area (Å²) in [5.41, 5.74) is 0.542. The Morgan fingerprint density at radius 3 is 2.68 bits per heavy atom. The van der Waals surface area contributed by atoms with E-state index in [0.717, 1.165) is 12.1 Å². The lowest BCUT2D eigenvalue weighted by atomic mass is 10.2. The molecule has 0 fully saturated rings. The molecule has 0 aliphatic rings. The van der Waals surface area contributed by atoms with Gasteiger partial charge in [-0.05, 0) is 18.2 Å². The lowest BCUT2D eigenvalue weighted by molar-refractivity contribution is 0.0778. The van der Waals surface area contributed by atoms with Gasteiger partial charge in [-0.25, -0.2) is 8.78 Å². The van der Waals surface area contributed by atoms with Crippen LogP contribution in [0.15, 0.2) is 42.6 Å². The second kappa shape index (κ2) is 5.56. The maximum Gasteiger partial charge on any atom is 0.272 e. The molecule has 0 atom stereocenters. The van der Waals surface area contributed by atoms with Gasteiger partial charge in [0.25, 0.3) is 5.91 Å². The molecule has 0 unspecified atom stereocenters. The van der Waals surface area contributed by atoms with Crippen LogP contribution in [0.2, 0.25) is 0 Å².